The molecule has 0 spiro atoms. The van der Waals surface area contributed by atoms with Gasteiger partial charge in [0.1, 0.15) is 4.90 Å². The number of para-hydroxylation sites is 1. The van der Waals surface area contributed by atoms with E-state index in [9.17, 15) is 18.0 Å². The molecule has 8 nitrogen and oxygen atoms in total. The average molecular weight is 482 g/mol. The van der Waals surface area contributed by atoms with Crippen LogP contribution < -0.4 is 5.32 Å². The van der Waals surface area contributed by atoms with Crippen LogP contribution in [0.2, 0.25) is 5.02 Å². The van der Waals surface area contributed by atoms with Gasteiger partial charge >= 0.3 is 5.97 Å². The Morgan fingerprint density at radius 1 is 1.19 bits per heavy atom. The minimum Gasteiger partial charge on any atom is -0.456 e. The number of carbonyl (C=O) groups is 2. The Morgan fingerprint density at radius 3 is 2.65 bits per heavy atom. The molecule has 0 unspecified atom stereocenters. The highest BCUT2D eigenvalue weighted by atomic mass is 35.5. The van der Waals surface area contributed by atoms with E-state index in [0.29, 0.717) is 6.42 Å². The maximum Gasteiger partial charge on any atom is 0.306 e. The molecule has 3 rings (SSSR count). The second kappa shape index (κ2) is 9.73. The van der Waals surface area contributed by atoms with E-state index < -0.39 is 28.5 Å². The number of thiazole rings is 1. The predicted octanol–water partition coefficient (Wildman–Crippen LogP) is 3.31. The van der Waals surface area contributed by atoms with Crippen LogP contribution in [0.25, 0.3) is 10.2 Å². The first kappa shape index (κ1) is 23.1. The third-order valence-corrected chi connectivity index (χ3v) is 7.61. The van der Waals surface area contributed by atoms with Crippen molar-refractivity contribution >= 4 is 60.7 Å². The van der Waals surface area contributed by atoms with Crippen molar-refractivity contribution in [2.75, 3.05) is 26.0 Å². The van der Waals surface area contributed by atoms with Crippen molar-refractivity contribution in [2.45, 2.75) is 17.7 Å². The molecule has 0 radical (unpaired) electrons. The summed E-state index contributed by atoms with van der Waals surface area (Å²) in [6.45, 7) is -0.489. The Balaban J connectivity index is 1.52. The first-order valence-electron chi connectivity index (χ1n) is 9.19. The van der Waals surface area contributed by atoms with E-state index in [1.54, 1.807) is 0 Å². The zero-order valence-electron chi connectivity index (χ0n) is 16.8. The van der Waals surface area contributed by atoms with Crippen molar-refractivity contribution in [2.24, 2.45) is 0 Å². The van der Waals surface area contributed by atoms with Crippen LogP contribution in [0.1, 0.15) is 11.4 Å². The first-order chi connectivity index (χ1) is 14.7. The van der Waals surface area contributed by atoms with E-state index in [4.69, 9.17) is 16.3 Å². The van der Waals surface area contributed by atoms with Gasteiger partial charge in [-0.05, 0) is 30.3 Å². The van der Waals surface area contributed by atoms with Crippen molar-refractivity contribution in [3.05, 3.63) is 52.5 Å². The van der Waals surface area contributed by atoms with Gasteiger partial charge in [-0.25, -0.2) is 17.7 Å². The molecular formula is C20H20ClN3O5S2. The third kappa shape index (κ3) is 5.79. The molecular weight excluding hydrogens is 462 g/mol. The Bertz CT molecular complexity index is 1190. The number of aromatic nitrogens is 1. The van der Waals surface area contributed by atoms with E-state index in [1.165, 1.54) is 43.6 Å². The number of sulfonamides is 1. The fourth-order valence-electron chi connectivity index (χ4n) is 2.63. The lowest BCUT2D eigenvalue weighted by atomic mass is 10.3. The van der Waals surface area contributed by atoms with E-state index in [-0.39, 0.29) is 22.0 Å². The van der Waals surface area contributed by atoms with Gasteiger partial charge in [0.2, 0.25) is 10.0 Å². The van der Waals surface area contributed by atoms with E-state index in [2.05, 4.69) is 10.3 Å². The van der Waals surface area contributed by atoms with Crippen LogP contribution in [0.15, 0.2) is 47.4 Å². The van der Waals surface area contributed by atoms with E-state index in [1.807, 2.05) is 24.3 Å². The molecule has 2 aromatic carbocycles. The Kier molecular flexibility index (Phi) is 7.26. The topological polar surface area (TPSA) is 106 Å². The monoisotopic (exact) mass is 481 g/mol. The molecule has 1 amide bonds. The number of carbonyl (C=O) groups excluding carboxylic acids is 2. The standard InChI is InChI=1S/C20H20ClN3O5S2/c1-24(2)31(27,28)17-11-13(7-8-14(17)21)22-18(25)12-29-20(26)10-9-19-23-15-5-3-4-6-16(15)30-19/h3-8,11H,9-10,12H2,1-2H3,(H,22,25). The number of ether oxygens (including phenoxy) is 1. The lowest BCUT2D eigenvalue weighted by Gasteiger charge is -2.14. The molecule has 0 fully saturated rings. The van der Waals surface area contributed by atoms with Gasteiger partial charge in [0.05, 0.1) is 26.7 Å². The normalized spacial score (nSPS) is 11.6. The Morgan fingerprint density at radius 2 is 1.94 bits per heavy atom. The molecule has 0 aliphatic heterocycles. The molecule has 0 aliphatic rings. The summed E-state index contributed by atoms with van der Waals surface area (Å²) in [6, 6.07) is 11.8. The number of nitrogens with zero attached hydrogens (tertiary/aromatic N) is 2. The molecule has 164 valence electrons. The molecule has 0 bridgehead atoms. The summed E-state index contributed by atoms with van der Waals surface area (Å²) in [5, 5.41) is 3.35. The van der Waals surface area contributed by atoms with E-state index >= 15 is 0 Å². The summed E-state index contributed by atoms with van der Waals surface area (Å²) in [5.74, 6) is -1.12. The first-order valence-corrected chi connectivity index (χ1v) is 11.8. The minimum atomic E-state index is -3.78. The van der Waals surface area contributed by atoms with Gasteiger partial charge in [-0.15, -0.1) is 11.3 Å². The number of amides is 1. The highest BCUT2D eigenvalue weighted by Crippen LogP contribution is 2.27. The Labute approximate surface area is 188 Å². The molecule has 11 heteroatoms. The molecule has 31 heavy (non-hydrogen) atoms. The largest absolute Gasteiger partial charge is 0.456 e. The van der Waals surface area contributed by atoms with Crippen LogP contribution in [-0.4, -0.2) is 50.3 Å². The third-order valence-electron chi connectivity index (χ3n) is 4.22. The van der Waals surface area contributed by atoms with Gasteiger partial charge in [-0.2, -0.15) is 0 Å². The smallest absolute Gasteiger partial charge is 0.306 e. The van der Waals surface area contributed by atoms with Crippen molar-refractivity contribution in [3.8, 4) is 0 Å². The number of nitrogens with one attached hydrogen (secondary N) is 1. The van der Waals surface area contributed by atoms with Crippen LogP contribution in [0.4, 0.5) is 5.69 Å². The molecule has 1 heterocycles. The Hall–Kier alpha value is -2.53. The number of hydrogen-bond donors (Lipinski definition) is 1. The van der Waals surface area contributed by atoms with Crippen LogP contribution >= 0.6 is 22.9 Å². The van der Waals surface area contributed by atoms with Crippen molar-refractivity contribution in [1.82, 2.24) is 9.29 Å². The van der Waals surface area contributed by atoms with Crippen LogP contribution in [0, 0.1) is 0 Å². The molecule has 1 N–H and O–H groups in total. The summed E-state index contributed by atoms with van der Waals surface area (Å²) in [6.07, 6.45) is 0.516. The van der Waals surface area contributed by atoms with Gasteiger partial charge in [0.15, 0.2) is 6.61 Å². The lowest BCUT2D eigenvalue weighted by Crippen LogP contribution is -2.23. The molecule has 3 aromatic rings. The number of rotatable bonds is 8. The van der Waals surface area contributed by atoms with Crippen LogP contribution in [0.5, 0.6) is 0 Å². The van der Waals surface area contributed by atoms with Crippen molar-refractivity contribution in [3.63, 3.8) is 0 Å². The summed E-state index contributed by atoms with van der Waals surface area (Å²) >= 11 is 7.49. The lowest BCUT2D eigenvalue weighted by molar-refractivity contribution is -0.147. The fourth-order valence-corrected chi connectivity index (χ4v) is 4.99. The second-order valence-electron chi connectivity index (χ2n) is 6.72. The summed E-state index contributed by atoms with van der Waals surface area (Å²) in [5.41, 5.74) is 1.11. The number of anilines is 1. The highest BCUT2D eigenvalue weighted by Gasteiger charge is 2.21. The maximum absolute atomic E-state index is 12.3. The summed E-state index contributed by atoms with van der Waals surface area (Å²) in [7, 11) is -1.02. The maximum atomic E-state index is 12.3. The molecule has 0 atom stereocenters. The minimum absolute atomic E-state index is 0.0352. The van der Waals surface area contributed by atoms with E-state index in [0.717, 1.165) is 19.5 Å². The zero-order valence-corrected chi connectivity index (χ0v) is 19.2. The number of halogens is 1. The number of esters is 1. The second-order valence-corrected chi connectivity index (χ2v) is 10.4. The molecule has 0 saturated heterocycles. The quantitative estimate of drug-likeness (QED) is 0.495. The highest BCUT2D eigenvalue weighted by molar-refractivity contribution is 7.89. The van der Waals surface area contributed by atoms with Gasteiger partial charge in [-0.1, -0.05) is 23.7 Å². The number of fused-ring (bicyclic) bond motifs is 1. The number of aryl methyl sites for hydroxylation is 1. The van der Waals surface area contributed by atoms with Gasteiger partial charge in [0.25, 0.3) is 5.91 Å². The molecule has 0 saturated carbocycles. The fraction of sp³-hybridized carbons (Fsp3) is 0.250. The summed E-state index contributed by atoms with van der Waals surface area (Å²) in [4.78, 5) is 28.4. The zero-order chi connectivity index (χ0) is 22.6. The summed E-state index contributed by atoms with van der Waals surface area (Å²) < 4.78 is 31.7. The molecule has 1 aromatic heterocycles. The SMILES string of the molecule is CN(C)S(=O)(=O)c1cc(NC(=O)COC(=O)CCc2nc3ccccc3s2)ccc1Cl. The van der Waals surface area contributed by atoms with Crippen LogP contribution in [0.3, 0.4) is 0 Å². The number of hydrogen-bond acceptors (Lipinski definition) is 7. The van der Waals surface area contributed by atoms with Crippen molar-refractivity contribution < 1.29 is 22.7 Å². The van der Waals surface area contributed by atoms with Crippen LogP contribution in [-0.2, 0) is 30.8 Å². The predicted molar refractivity (Wildman–Crippen MR) is 120 cm³/mol. The average Bonchev–Trinajstić information content (AvgIpc) is 3.15. The van der Waals surface area contributed by atoms with Gasteiger partial charge < -0.3 is 10.1 Å². The number of benzene rings is 2. The van der Waals surface area contributed by atoms with Gasteiger partial charge in [-0.3, -0.25) is 9.59 Å². The van der Waals surface area contributed by atoms with Crippen molar-refractivity contribution in [1.29, 1.82) is 0 Å². The van der Waals surface area contributed by atoms with Gasteiger partial charge in [0, 0.05) is 26.2 Å². The molecule has 0 aliphatic carbocycles.